The Morgan fingerprint density at radius 2 is 0.850 bits per heavy atom. The molecule has 1 aliphatic carbocycles. The third-order valence-corrected chi connectivity index (χ3v) is 12.4. The lowest BCUT2D eigenvalue weighted by Crippen LogP contribution is -2.28. The van der Waals surface area contributed by atoms with Crippen LogP contribution in [0, 0.1) is 0 Å². The van der Waals surface area contributed by atoms with Gasteiger partial charge >= 0.3 is 0 Å². The Balaban J connectivity index is 1.04. The van der Waals surface area contributed by atoms with E-state index >= 15 is 0 Å². The first-order chi connectivity index (χ1) is 29.7. The van der Waals surface area contributed by atoms with Crippen molar-refractivity contribution in [3.8, 4) is 56.2 Å². The quantitative estimate of drug-likeness (QED) is 0.169. The van der Waals surface area contributed by atoms with Gasteiger partial charge in [-0.2, -0.15) is 0 Å². The van der Waals surface area contributed by atoms with Crippen LogP contribution in [0.15, 0.2) is 223 Å². The molecule has 2 aromatic heterocycles. The first-order valence-electron chi connectivity index (χ1n) is 20.5. The van der Waals surface area contributed by atoms with Gasteiger partial charge in [0.05, 0.1) is 16.8 Å². The monoisotopic (exact) mass is 764 g/mol. The second-order valence-corrected chi connectivity index (χ2v) is 15.6. The third-order valence-electron chi connectivity index (χ3n) is 12.4. The lowest BCUT2D eigenvalue weighted by atomic mass is 9.67. The molecular weight excluding hydrogens is 729 g/mol. The molecule has 60 heavy (non-hydrogen) atoms. The van der Waals surface area contributed by atoms with Crippen LogP contribution in [-0.4, -0.2) is 9.97 Å². The van der Waals surface area contributed by atoms with Crippen LogP contribution in [0.1, 0.15) is 22.3 Å². The molecule has 9 aromatic carbocycles. The van der Waals surface area contributed by atoms with Crippen molar-refractivity contribution in [2.24, 2.45) is 0 Å². The van der Waals surface area contributed by atoms with E-state index in [0.29, 0.717) is 5.82 Å². The van der Waals surface area contributed by atoms with Gasteiger partial charge in [0.25, 0.3) is 0 Å². The fraction of sp³-hybridized carbons (Fsp3) is 0.0175. The van der Waals surface area contributed by atoms with Crippen molar-refractivity contribution >= 4 is 32.7 Å². The summed E-state index contributed by atoms with van der Waals surface area (Å²) in [7, 11) is 0. The molecule has 2 heterocycles. The highest BCUT2D eigenvalue weighted by Crippen LogP contribution is 2.57. The predicted molar refractivity (Wildman–Crippen MR) is 246 cm³/mol. The molecule has 0 aliphatic heterocycles. The molecule has 11 aromatic rings. The van der Waals surface area contributed by atoms with E-state index in [0.717, 1.165) is 66.4 Å². The Kier molecular flexibility index (Phi) is 7.76. The average molecular weight is 765 g/mol. The van der Waals surface area contributed by atoms with Gasteiger partial charge in [-0.05, 0) is 91.7 Å². The van der Waals surface area contributed by atoms with Crippen LogP contribution in [0.4, 0.5) is 0 Å². The Bertz CT molecular complexity index is 3380. The molecule has 0 radical (unpaired) electrons. The van der Waals surface area contributed by atoms with Crippen LogP contribution in [-0.2, 0) is 5.41 Å². The molecule has 0 amide bonds. The van der Waals surface area contributed by atoms with E-state index in [1.54, 1.807) is 0 Å². The molecule has 0 bridgehead atoms. The Hall–Kier alpha value is -7.88. The molecule has 12 rings (SSSR count). The van der Waals surface area contributed by atoms with Gasteiger partial charge in [-0.3, -0.25) is 0 Å². The highest BCUT2D eigenvalue weighted by molar-refractivity contribution is 6.07. The van der Waals surface area contributed by atoms with Gasteiger partial charge in [0.1, 0.15) is 11.2 Å². The summed E-state index contributed by atoms with van der Waals surface area (Å²) in [4.78, 5) is 10.6. The van der Waals surface area contributed by atoms with Crippen LogP contribution in [0.3, 0.4) is 0 Å². The fourth-order valence-corrected chi connectivity index (χ4v) is 9.72. The van der Waals surface area contributed by atoms with Gasteiger partial charge in [0, 0.05) is 27.5 Å². The molecule has 3 heteroatoms. The number of hydrogen-bond acceptors (Lipinski definition) is 3. The number of nitrogens with zero attached hydrogens (tertiary/aromatic N) is 2. The molecule has 0 atom stereocenters. The Labute approximate surface area is 347 Å². The van der Waals surface area contributed by atoms with Crippen molar-refractivity contribution in [1.82, 2.24) is 9.97 Å². The first kappa shape index (κ1) is 34.2. The van der Waals surface area contributed by atoms with Gasteiger partial charge in [-0.1, -0.05) is 182 Å². The van der Waals surface area contributed by atoms with Crippen molar-refractivity contribution in [1.29, 1.82) is 0 Å². The molecule has 0 N–H and O–H groups in total. The number of hydrogen-bond donors (Lipinski definition) is 0. The normalized spacial score (nSPS) is 12.8. The van der Waals surface area contributed by atoms with Gasteiger partial charge in [0.15, 0.2) is 5.82 Å². The van der Waals surface area contributed by atoms with Crippen LogP contribution in [0.2, 0.25) is 0 Å². The summed E-state index contributed by atoms with van der Waals surface area (Å²) in [5.74, 6) is 0.676. The van der Waals surface area contributed by atoms with E-state index in [2.05, 4.69) is 200 Å². The molecule has 0 spiro atoms. The van der Waals surface area contributed by atoms with Crippen LogP contribution in [0.25, 0.3) is 88.9 Å². The summed E-state index contributed by atoms with van der Waals surface area (Å²) in [5, 5.41) is 4.45. The number of furan rings is 1. The van der Waals surface area contributed by atoms with Crippen LogP contribution >= 0.6 is 0 Å². The van der Waals surface area contributed by atoms with E-state index < -0.39 is 5.41 Å². The predicted octanol–water partition coefficient (Wildman–Crippen LogP) is 14.6. The smallest absolute Gasteiger partial charge is 0.161 e. The van der Waals surface area contributed by atoms with Gasteiger partial charge in [0.2, 0.25) is 0 Å². The molecule has 0 unspecified atom stereocenters. The molecular formula is C57H36N2O. The minimum atomic E-state index is -0.478. The maximum Gasteiger partial charge on any atom is 0.161 e. The Morgan fingerprint density at radius 1 is 0.317 bits per heavy atom. The standard InChI is InChI=1S/C57H36N2O/c1-4-16-37(17-5-1)52-36-53(39-29-31-48-47-25-13-15-27-54(47)60-55(48)35-39)59-56(58-52)49-33-32-42(43-22-10-11-23-44(43)49)38-28-30-46-45-24-12-14-26-50(45)57(51(46)34-38,40-18-6-2-7-19-40)41-20-8-3-9-21-41/h1-36H. The van der Waals surface area contributed by atoms with Crippen molar-refractivity contribution in [2.45, 2.75) is 5.41 Å². The Morgan fingerprint density at radius 3 is 1.60 bits per heavy atom. The van der Waals surface area contributed by atoms with Gasteiger partial charge in [-0.25, -0.2) is 9.97 Å². The highest BCUT2D eigenvalue weighted by atomic mass is 16.3. The highest BCUT2D eigenvalue weighted by Gasteiger charge is 2.46. The zero-order valence-electron chi connectivity index (χ0n) is 32.6. The molecule has 0 saturated heterocycles. The second-order valence-electron chi connectivity index (χ2n) is 15.6. The van der Waals surface area contributed by atoms with Crippen molar-refractivity contribution in [2.75, 3.05) is 0 Å². The zero-order valence-corrected chi connectivity index (χ0v) is 32.6. The van der Waals surface area contributed by atoms with E-state index in [-0.39, 0.29) is 0 Å². The van der Waals surface area contributed by atoms with Gasteiger partial charge in [-0.15, -0.1) is 0 Å². The number of fused-ring (bicyclic) bond motifs is 7. The third kappa shape index (κ3) is 5.23. The summed E-state index contributed by atoms with van der Waals surface area (Å²) in [5.41, 5.74) is 15.9. The largest absolute Gasteiger partial charge is 0.456 e. The summed E-state index contributed by atoms with van der Waals surface area (Å²) < 4.78 is 6.32. The number of aromatic nitrogens is 2. The van der Waals surface area contributed by atoms with Crippen LogP contribution in [0.5, 0.6) is 0 Å². The van der Waals surface area contributed by atoms with E-state index in [1.165, 1.54) is 38.9 Å². The van der Waals surface area contributed by atoms with E-state index in [9.17, 15) is 0 Å². The summed E-state index contributed by atoms with van der Waals surface area (Å²) in [6.07, 6.45) is 0. The molecule has 0 saturated carbocycles. The number of para-hydroxylation sites is 1. The molecule has 280 valence electrons. The van der Waals surface area contributed by atoms with Crippen molar-refractivity contribution in [3.05, 3.63) is 241 Å². The first-order valence-corrected chi connectivity index (χ1v) is 20.5. The SMILES string of the molecule is c1ccc(-c2cc(-c3ccc4c(c3)oc3ccccc34)nc(-c3ccc(-c4ccc5c(c4)C(c4ccccc4)(c4ccccc4)c4ccccc4-5)c4ccccc34)n2)cc1. The second kappa shape index (κ2) is 13.6. The molecule has 0 fully saturated rings. The summed E-state index contributed by atoms with van der Waals surface area (Å²) in [6.45, 7) is 0. The van der Waals surface area contributed by atoms with Crippen LogP contribution < -0.4 is 0 Å². The van der Waals surface area contributed by atoms with E-state index in [4.69, 9.17) is 14.4 Å². The summed E-state index contributed by atoms with van der Waals surface area (Å²) >= 11 is 0. The maximum absolute atomic E-state index is 6.32. The lowest BCUT2D eigenvalue weighted by molar-refractivity contribution is 0.669. The average Bonchev–Trinajstić information content (AvgIpc) is 3.85. The van der Waals surface area contributed by atoms with Crippen molar-refractivity contribution in [3.63, 3.8) is 0 Å². The van der Waals surface area contributed by atoms with Crippen molar-refractivity contribution < 1.29 is 4.42 Å². The fourth-order valence-electron chi connectivity index (χ4n) is 9.72. The van der Waals surface area contributed by atoms with Gasteiger partial charge < -0.3 is 4.42 Å². The summed E-state index contributed by atoms with van der Waals surface area (Å²) in [6, 6.07) is 78.1. The maximum atomic E-state index is 6.32. The lowest BCUT2D eigenvalue weighted by Gasteiger charge is -2.34. The zero-order chi connectivity index (χ0) is 39.6. The minimum absolute atomic E-state index is 0.478. The number of rotatable bonds is 6. The molecule has 1 aliphatic rings. The van der Waals surface area contributed by atoms with E-state index in [1.807, 2.05) is 18.2 Å². The molecule has 3 nitrogen and oxygen atoms in total. The number of benzene rings is 9. The topological polar surface area (TPSA) is 38.9 Å². The minimum Gasteiger partial charge on any atom is -0.456 e.